The smallest absolute Gasteiger partial charge is 0.327 e. The third-order valence-electron chi connectivity index (χ3n) is 6.51. The number of aliphatic hydroxyl groups is 2. The Kier molecular flexibility index (Phi) is 7.84. The molecule has 0 unspecified atom stereocenters. The Morgan fingerprint density at radius 2 is 2.13 bits per heavy atom. The van der Waals surface area contributed by atoms with Gasteiger partial charge in [-0.3, -0.25) is 13.9 Å². The standard InChI is InChI=1S/C23H29N6O8PS/c1-23(32)17(30)15(37-21(23)29-12-25-16-18(29)26-22(24)27-19(16)34-2)11-36-38(33)28-14(8-9-39-38)20(31)35-10-13-6-4-3-5-7-13/h3-7,12,14-15,17,21,30,32H,8-11H2,1-2H3,(H,28,33)(H2,24,26,27)/t14-,15-,17-,21-,23-,38+/m1/s1. The summed E-state index contributed by atoms with van der Waals surface area (Å²) in [6.07, 6.45) is -1.86. The summed E-state index contributed by atoms with van der Waals surface area (Å²) in [5, 5.41) is 24.8. The van der Waals surface area contributed by atoms with Crippen molar-refractivity contribution < 1.29 is 38.3 Å². The molecule has 0 radical (unpaired) electrons. The minimum atomic E-state index is -3.56. The van der Waals surface area contributed by atoms with E-state index in [9.17, 15) is 19.6 Å². The second kappa shape index (κ2) is 11.0. The van der Waals surface area contributed by atoms with E-state index in [0.29, 0.717) is 12.2 Å². The van der Waals surface area contributed by atoms with Gasteiger partial charge >= 0.3 is 12.7 Å². The van der Waals surface area contributed by atoms with E-state index in [1.165, 1.54) is 24.9 Å². The van der Waals surface area contributed by atoms with Gasteiger partial charge in [0.25, 0.3) is 0 Å². The number of anilines is 1. The molecule has 2 aromatic heterocycles. The summed E-state index contributed by atoms with van der Waals surface area (Å²) in [6, 6.07) is 8.42. The molecule has 2 saturated heterocycles. The molecular weight excluding hydrogens is 551 g/mol. The molecule has 0 bridgehead atoms. The van der Waals surface area contributed by atoms with Crippen molar-refractivity contribution in [3.63, 3.8) is 0 Å². The summed E-state index contributed by atoms with van der Waals surface area (Å²) in [4.78, 5) is 25.0. The van der Waals surface area contributed by atoms with Crippen molar-refractivity contribution >= 4 is 41.2 Å². The first-order chi connectivity index (χ1) is 18.6. The van der Waals surface area contributed by atoms with Gasteiger partial charge in [0.05, 0.1) is 20.0 Å². The summed E-state index contributed by atoms with van der Waals surface area (Å²) in [7, 11) is 1.41. The van der Waals surface area contributed by atoms with Gasteiger partial charge < -0.3 is 34.7 Å². The molecule has 3 aromatic rings. The number of carbonyl (C=O) groups excluding carboxylic acids is 1. The predicted molar refractivity (Wildman–Crippen MR) is 141 cm³/mol. The number of methoxy groups -OCH3 is 1. The van der Waals surface area contributed by atoms with Crippen LogP contribution in [0.2, 0.25) is 0 Å². The van der Waals surface area contributed by atoms with E-state index in [1.54, 1.807) is 0 Å². The van der Waals surface area contributed by atoms with Gasteiger partial charge in [-0.1, -0.05) is 41.7 Å². The third-order valence-corrected chi connectivity index (χ3v) is 10.6. The monoisotopic (exact) mass is 580 g/mol. The first-order valence-electron chi connectivity index (χ1n) is 12.1. The van der Waals surface area contributed by atoms with Crippen LogP contribution < -0.4 is 15.6 Å². The molecule has 16 heteroatoms. The summed E-state index contributed by atoms with van der Waals surface area (Å²) in [5.74, 6) is -0.0701. The molecule has 6 atom stereocenters. The molecule has 2 aliphatic heterocycles. The molecule has 0 aliphatic carbocycles. The number of hydrogen-bond acceptors (Lipinski definition) is 13. The number of nitrogens with one attached hydrogen (secondary N) is 1. The number of rotatable bonds is 8. The normalized spacial score (nSPS) is 30.9. The van der Waals surface area contributed by atoms with Gasteiger partial charge in [-0.05, 0) is 18.9 Å². The van der Waals surface area contributed by atoms with Crippen molar-refractivity contribution in [2.45, 2.75) is 50.0 Å². The molecule has 5 rings (SSSR count). The fourth-order valence-corrected chi connectivity index (χ4v) is 8.24. The number of carbonyl (C=O) groups is 1. The lowest BCUT2D eigenvalue weighted by Gasteiger charge is -2.29. The minimum Gasteiger partial charge on any atom is -0.479 e. The van der Waals surface area contributed by atoms with Crippen LogP contribution in [-0.2, 0) is 30.0 Å². The van der Waals surface area contributed by atoms with Gasteiger partial charge in [0.2, 0.25) is 11.8 Å². The van der Waals surface area contributed by atoms with Crippen LogP contribution in [-0.4, -0.2) is 79.0 Å². The van der Waals surface area contributed by atoms with Crippen LogP contribution in [0.15, 0.2) is 36.7 Å². The molecule has 1 aromatic carbocycles. The average Bonchev–Trinajstić information content (AvgIpc) is 3.43. The first kappa shape index (κ1) is 27.8. The number of ether oxygens (including phenoxy) is 3. The quantitative estimate of drug-likeness (QED) is 0.220. The highest BCUT2D eigenvalue weighted by Crippen LogP contribution is 2.59. The molecule has 0 saturated carbocycles. The highest BCUT2D eigenvalue weighted by atomic mass is 32.7. The Hall–Kier alpha value is -2.78. The SMILES string of the molecule is COc1nc(N)nc2c1ncn2[C@@H]1O[C@H](CO[P@@]2(=O)N[C@@H](C(=O)OCc3ccccc3)CCS2)[C@@H](O)[C@@]1(C)O. The van der Waals surface area contributed by atoms with Crippen LogP contribution in [0.3, 0.4) is 0 Å². The molecule has 2 fully saturated rings. The zero-order valence-electron chi connectivity index (χ0n) is 21.2. The van der Waals surface area contributed by atoms with E-state index < -0.39 is 42.8 Å². The van der Waals surface area contributed by atoms with Gasteiger partial charge in [0, 0.05) is 5.75 Å². The van der Waals surface area contributed by atoms with E-state index >= 15 is 0 Å². The maximum Gasteiger partial charge on any atom is 0.327 e. The van der Waals surface area contributed by atoms with Crippen LogP contribution in [0.5, 0.6) is 5.88 Å². The lowest BCUT2D eigenvalue weighted by molar-refractivity contribution is -0.147. The number of fused-ring (bicyclic) bond motifs is 1. The largest absolute Gasteiger partial charge is 0.479 e. The van der Waals surface area contributed by atoms with Crippen molar-refractivity contribution in [2.75, 3.05) is 25.2 Å². The van der Waals surface area contributed by atoms with Crippen LogP contribution in [0.25, 0.3) is 11.2 Å². The molecule has 0 amide bonds. The van der Waals surface area contributed by atoms with E-state index in [1.807, 2.05) is 30.3 Å². The second-order valence-electron chi connectivity index (χ2n) is 9.30. The first-order valence-corrected chi connectivity index (χ1v) is 15.3. The second-order valence-corrected chi connectivity index (χ2v) is 13.7. The molecule has 210 valence electrons. The van der Waals surface area contributed by atoms with Gasteiger partial charge in [-0.25, -0.2) is 10.1 Å². The number of esters is 1. The van der Waals surface area contributed by atoms with E-state index in [4.69, 9.17) is 24.5 Å². The molecule has 5 N–H and O–H groups in total. The van der Waals surface area contributed by atoms with Crippen LogP contribution in [0, 0.1) is 0 Å². The van der Waals surface area contributed by atoms with Crippen molar-refractivity contribution in [1.29, 1.82) is 0 Å². The van der Waals surface area contributed by atoms with E-state index in [-0.39, 0.29) is 36.2 Å². The summed E-state index contributed by atoms with van der Waals surface area (Å²) < 4.78 is 37.0. The number of hydrogen-bond donors (Lipinski definition) is 4. The number of nitrogens with zero attached hydrogens (tertiary/aromatic N) is 4. The Balaban J connectivity index is 1.24. The summed E-state index contributed by atoms with van der Waals surface area (Å²) in [6.45, 7) is -2.39. The molecule has 39 heavy (non-hydrogen) atoms. The summed E-state index contributed by atoms with van der Waals surface area (Å²) >= 11 is 1.05. The molecule has 14 nitrogen and oxygen atoms in total. The highest BCUT2D eigenvalue weighted by molar-refractivity contribution is 8.56. The number of aliphatic hydroxyl groups excluding tert-OH is 1. The Bertz CT molecular complexity index is 1390. The number of imidazole rings is 1. The number of benzene rings is 1. The van der Waals surface area contributed by atoms with Gasteiger partial charge in [-0.15, -0.1) is 0 Å². The van der Waals surface area contributed by atoms with Crippen molar-refractivity contribution in [2.24, 2.45) is 0 Å². The molecule has 4 heterocycles. The lowest BCUT2D eigenvalue weighted by atomic mass is 9.96. The average molecular weight is 581 g/mol. The van der Waals surface area contributed by atoms with Crippen LogP contribution in [0.1, 0.15) is 25.1 Å². The summed E-state index contributed by atoms with van der Waals surface area (Å²) in [5.41, 5.74) is 5.33. The zero-order valence-corrected chi connectivity index (χ0v) is 22.9. The van der Waals surface area contributed by atoms with Gasteiger partial charge in [-0.2, -0.15) is 9.97 Å². The molecule has 0 spiro atoms. The number of aromatic nitrogens is 4. The topological polar surface area (TPSA) is 193 Å². The van der Waals surface area contributed by atoms with Gasteiger partial charge in [0.1, 0.15) is 30.5 Å². The Morgan fingerprint density at radius 3 is 2.87 bits per heavy atom. The third kappa shape index (κ3) is 5.61. The number of nitrogens with two attached hydrogens (primary N) is 1. The maximum absolute atomic E-state index is 13.4. The lowest BCUT2D eigenvalue weighted by Crippen LogP contribution is -2.44. The molecular formula is C23H29N6O8PS. The fourth-order valence-electron chi connectivity index (χ4n) is 4.43. The maximum atomic E-state index is 13.4. The fraction of sp³-hybridized carbons (Fsp3) is 0.478. The van der Waals surface area contributed by atoms with Crippen LogP contribution >= 0.6 is 18.1 Å². The van der Waals surface area contributed by atoms with Crippen molar-refractivity contribution in [1.82, 2.24) is 24.6 Å². The Labute approximate surface area is 227 Å². The van der Waals surface area contributed by atoms with Crippen LogP contribution in [0.4, 0.5) is 5.95 Å². The van der Waals surface area contributed by atoms with E-state index in [2.05, 4.69) is 20.0 Å². The van der Waals surface area contributed by atoms with Crippen molar-refractivity contribution in [3.05, 3.63) is 42.2 Å². The molecule has 2 aliphatic rings. The van der Waals surface area contributed by atoms with Gasteiger partial charge in [0.15, 0.2) is 17.4 Å². The predicted octanol–water partition coefficient (Wildman–Crippen LogP) is 1.39. The van der Waals surface area contributed by atoms with E-state index in [0.717, 1.165) is 16.9 Å². The zero-order chi connectivity index (χ0) is 27.8. The Morgan fingerprint density at radius 1 is 1.36 bits per heavy atom. The van der Waals surface area contributed by atoms with Crippen molar-refractivity contribution in [3.8, 4) is 5.88 Å². The minimum absolute atomic E-state index is 0.0745. The number of nitrogen functional groups attached to an aromatic ring is 1. The highest BCUT2D eigenvalue weighted by Gasteiger charge is 2.54.